The average Bonchev–Trinajstić information content (AvgIpc) is 3.09. The monoisotopic (exact) mass is 332 g/mol. The van der Waals surface area contributed by atoms with Gasteiger partial charge in [0, 0.05) is 18.1 Å². The SMILES string of the molecule is CC(C(=O)N1CCC(C)(c2cccc(Cl)c2)CC1)n1cncn1. The van der Waals surface area contributed by atoms with Gasteiger partial charge < -0.3 is 4.90 Å². The Morgan fingerprint density at radius 3 is 2.70 bits per heavy atom. The Morgan fingerprint density at radius 1 is 1.35 bits per heavy atom. The molecule has 1 fully saturated rings. The number of carbonyl (C=O) groups excluding carboxylic acids is 1. The Morgan fingerprint density at radius 2 is 2.09 bits per heavy atom. The lowest BCUT2D eigenvalue weighted by atomic mass is 9.74. The highest BCUT2D eigenvalue weighted by Gasteiger charge is 2.34. The summed E-state index contributed by atoms with van der Waals surface area (Å²) in [6.45, 7) is 5.62. The van der Waals surface area contributed by atoms with Gasteiger partial charge in [-0.15, -0.1) is 0 Å². The normalized spacial score (nSPS) is 18.7. The van der Waals surface area contributed by atoms with Gasteiger partial charge in [0.15, 0.2) is 0 Å². The molecule has 2 heterocycles. The van der Waals surface area contributed by atoms with Gasteiger partial charge in [0.1, 0.15) is 18.7 Å². The van der Waals surface area contributed by atoms with E-state index in [0.717, 1.165) is 31.0 Å². The summed E-state index contributed by atoms with van der Waals surface area (Å²) in [6, 6.07) is 7.74. The second kappa shape index (κ2) is 6.32. The molecule has 0 bridgehead atoms. The standard InChI is InChI=1S/C17H21ClN4O/c1-13(22-12-19-11-20-22)16(23)21-8-6-17(2,7-9-21)14-4-3-5-15(18)10-14/h3-5,10-13H,6-9H2,1-2H3. The average molecular weight is 333 g/mol. The number of likely N-dealkylation sites (tertiary alicyclic amines) is 1. The molecule has 1 amide bonds. The fourth-order valence-electron chi connectivity index (χ4n) is 3.17. The molecule has 1 aromatic heterocycles. The molecule has 1 atom stereocenters. The lowest BCUT2D eigenvalue weighted by molar-refractivity contribution is -0.136. The van der Waals surface area contributed by atoms with Gasteiger partial charge in [0.2, 0.25) is 5.91 Å². The van der Waals surface area contributed by atoms with E-state index in [1.807, 2.05) is 30.0 Å². The second-order valence-electron chi connectivity index (χ2n) is 6.45. The van der Waals surface area contributed by atoms with Crippen molar-refractivity contribution in [1.82, 2.24) is 19.7 Å². The number of halogens is 1. The summed E-state index contributed by atoms with van der Waals surface area (Å²) in [5.74, 6) is 0.101. The summed E-state index contributed by atoms with van der Waals surface area (Å²) < 4.78 is 1.60. The molecule has 2 aromatic rings. The van der Waals surface area contributed by atoms with Crippen molar-refractivity contribution in [1.29, 1.82) is 0 Å². The van der Waals surface area contributed by atoms with Crippen LogP contribution >= 0.6 is 11.6 Å². The predicted octanol–water partition coefficient (Wildman–Crippen LogP) is 3.07. The number of piperidine rings is 1. The van der Waals surface area contributed by atoms with E-state index in [1.54, 1.807) is 11.0 Å². The number of benzene rings is 1. The topological polar surface area (TPSA) is 51.0 Å². The summed E-state index contributed by atoms with van der Waals surface area (Å²) in [4.78, 5) is 18.5. The Hall–Kier alpha value is -1.88. The van der Waals surface area contributed by atoms with E-state index in [1.165, 1.54) is 11.9 Å². The first-order valence-corrected chi connectivity index (χ1v) is 8.26. The predicted molar refractivity (Wildman–Crippen MR) is 89.4 cm³/mol. The molecule has 0 N–H and O–H groups in total. The third-order valence-electron chi connectivity index (χ3n) is 4.89. The molecule has 23 heavy (non-hydrogen) atoms. The van der Waals surface area contributed by atoms with Crippen LogP contribution in [0.5, 0.6) is 0 Å². The lowest BCUT2D eigenvalue weighted by Gasteiger charge is -2.40. The molecule has 1 unspecified atom stereocenters. The first-order valence-electron chi connectivity index (χ1n) is 7.88. The fourth-order valence-corrected chi connectivity index (χ4v) is 3.36. The van der Waals surface area contributed by atoms with E-state index >= 15 is 0 Å². The van der Waals surface area contributed by atoms with Crippen LogP contribution in [-0.2, 0) is 10.2 Å². The van der Waals surface area contributed by atoms with Gasteiger partial charge in [0.05, 0.1) is 0 Å². The van der Waals surface area contributed by atoms with Gasteiger partial charge in [-0.25, -0.2) is 9.67 Å². The minimum atomic E-state index is -0.312. The van der Waals surface area contributed by atoms with E-state index < -0.39 is 0 Å². The number of rotatable bonds is 3. The van der Waals surface area contributed by atoms with Crippen LogP contribution in [0.1, 0.15) is 38.3 Å². The molecule has 5 nitrogen and oxygen atoms in total. The number of hydrogen-bond acceptors (Lipinski definition) is 3. The third kappa shape index (κ3) is 3.24. The largest absolute Gasteiger partial charge is 0.341 e. The highest BCUT2D eigenvalue weighted by molar-refractivity contribution is 6.30. The first-order chi connectivity index (χ1) is 11.0. The van der Waals surface area contributed by atoms with Crippen molar-refractivity contribution in [3.8, 4) is 0 Å². The van der Waals surface area contributed by atoms with Crippen LogP contribution in [0.25, 0.3) is 0 Å². The molecule has 1 aliphatic rings. The zero-order valence-corrected chi connectivity index (χ0v) is 14.2. The zero-order chi connectivity index (χ0) is 16.4. The van der Waals surface area contributed by atoms with E-state index in [-0.39, 0.29) is 17.4 Å². The molecule has 122 valence electrons. The Labute approximate surface area is 141 Å². The van der Waals surface area contributed by atoms with E-state index in [0.29, 0.717) is 0 Å². The van der Waals surface area contributed by atoms with Crippen LogP contribution in [0.2, 0.25) is 5.02 Å². The van der Waals surface area contributed by atoms with Gasteiger partial charge in [-0.05, 0) is 42.9 Å². The summed E-state index contributed by atoms with van der Waals surface area (Å²) >= 11 is 6.12. The molecule has 1 aliphatic heterocycles. The van der Waals surface area contributed by atoms with Gasteiger partial charge >= 0.3 is 0 Å². The number of carbonyl (C=O) groups is 1. The minimum Gasteiger partial charge on any atom is -0.341 e. The summed E-state index contributed by atoms with van der Waals surface area (Å²) in [6.07, 6.45) is 4.91. The first kappa shape index (κ1) is 16.0. The van der Waals surface area contributed by atoms with E-state index in [4.69, 9.17) is 11.6 Å². The molecule has 0 aliphatic carbocycles. The maximum absolute atomic E-state index is 12.6. The highest BCUT2D eigenvalue weighted by atomic mass is 35.5. The lowest BCUT2D eigenvalue weighted by Crippen LogP contribution is -2.46. The van der Waals surface area contributed by atoms with Crippen molar-refractivity contribution in [2.24, 2.45) is 0 Å². The molecule has 6 heteroatoms. The molecular weight excluding hydrogens is 312 g/mol. The molecule has 0 saturated carbocycles. The minimum absolute atomic E-state index is 0.0676. The van der Waals surface area contributed by atoms with E-state index in [9.17, 15) is 4.79 Å². The number of aromatic nitrogens is 3. The van der Waals surface area contributed by atoms with Crippen LogP contribution in [0.3, 0.4) is 0 Å². The van der Waals surface area contributed by atoms with Gasteiger partial charge in [-0.2, -0.15) is 5.10 Å². The van der Waals surface area contributed by atoms with Crippen LogP contribution in [0, 0.1) is 0 Å². The smallest absolute Gasteiger partial charge is 0.247 e. The van der Waals surface area contributed by atoms with Crippen LogP contribution in [0.15, 0.2) is 36.9 Å². The van der Waals surface area contributed by atoms with Crippen LogP contribution in [0.4, 0.5) is 0 Å². The summed E-state index contributed by atoms with van der Waals surface area (Å²) in [7, 11) is 0. The maximum Gasteiger partial charge on any atom is 0.247 e. The number of nitrogens with zero attached hydrogens (tertiary/aromatic N) is 4. The third-order valence-corrected chi connectivity index (χ3v) is 5.13. The zero-order valence-electron chi connectivity index (χ0n) is 13.4. The summed E-state index contributed by atoms with van der Waals surface area (Å²) in [5.41, 5.74) is 1.32. The Balaban J connectivity index is 1.67. The Kier molecular flexibility index (Phi) is 4.39. The van der Waals surface area contributed by atoms with Crippen LogP contribution < -0.4 is 0 Å². The van der Waals surface area contributed by atoms with Gasteiger partial charge in [-0.3, -0.25) is 4.79 Å². The van der Waals surface area contributed by atoms with Crippen molar-refractivity contribution in [3.63, 3.8) is 0 Å². The van der Waals surface area contributed by atoms with Crippen molar-refractivity contribution in [3.05, 3.63) is 47.5 Å². The summed E-state index contributed by atoms with van der Waals surface area (Å²) in [5, 5.41) is 4.83. The highest BCUT2D eigenvalue weighted by Crippen LogP contribution is 2.36. The van der Waals surface area contributed by atoms with E-state index in [2.05, 4.69) is 23.1 Å². The van der Waals surface area contributed by atoms with Crippen molar-refractivity contribution in [2.75, 3.05) is 13.1 Å². The van der Waals surface area contributed by atoms with Gasteiger partial charge in [0.25, 0.3) is 0 Å². The molecule has 1 saturated heterocycles. The van der Waals surface area contributed by atoms with Crippen molar-refractivity contribution < 1.29 is 4.79 Å². The molecule has 0 spiro atoms. The molecular formula is C17H21ClN4O. The van der Waals surface area contributed by atoms with Crippen molar-refractivity contribution >= 4 is 17.5 Å². The number of amides is 1. The molecule has 0 radical (unpaired) electrons. The maximum atomic E-state index is 12.6. The molecule has 3 rings (SSSR count). The van der Waals surface area contributed by atoms with Crippen molar-refractivity contribution in [2.45, 2.75) is 38.1 Å². The fraction of sp³-hybridized carbons (Fsp3) is 0.471. The second-order valence-corrected chi connectivity index (χ2v) is 6.88. The van der Waals surface area contributed by atoms with Gasteiger partial charge in [-0.1, -0.05) is 30.7 Å². The number of hydrogen-bond donors (Lipinski definition) is 0. The van der Waals surface area contributed by atoms with Crippen LogP contribution in [-0.4, -0.2) is 38.7 Å². The Bertz CT molecular complexity index is 678. The molecule has 1 aromatic carbocycles. The quantitative estimate of drug-likeness (QED) is 0.868.